The number of non-ortho nitro benzene ring substituents is 1. The normalized spacial score (nSPS) is 13.9. The zero-order valence-corrected chi connectivity index (χ0v) is 14.9. The molecule has 0 saturated heterocycles. The van der Waals surface area contributed by atoms with Gasteiger partial charge in [-0.15, -0.1) is 0 Å². The average Bonchev–Trinajstić information content (AvgIpc) is 3.00. The highest BCUT2D eigenvalue weighted by Gasteiger charge is 2.48. The van der Waals surface area contributed by atoms with Crippen LogP contribution in [0.3, 0.4) is 0 Å². The number of nitrogens with zero attached hydrogens (tertiary/aromatic N) is 1. The summed E-state index contributed by atoms with van der Waals surface area (Å²) >= 11 is 0. The summed E-state index contributed by atoms with van der Waals surface area (Å²) in [6.45, 7) is 0. The molecule has 5 heteroatoms. The minimum atomic E-state index is -1.15. The molecule has 28 heavy (non-hydrogen) atoms. The smallest absolute Gasteiger partial charge is 0.319 e. The van der Waals surface area contributed by atoms with Gasteiger partial charge in [0.25, 0.3) is 5.69 Å². The molecule has 1 aliphatic carbocycles. The molecule has 0 aliphatic heterocycles. The lowest BCUT2D eigenvalue weighted by Crippen LogP contribution is -2.34. The van der Waals surface area contributed by atoms with Crippen LogP contribution < -0.4 is 0 Å². The van der Waals surface area contributed by atoms with Crippen molar-refractivity contribution in [3.05, 3.63) is 106 Å². The SMILES string of the molecule is O=C(O)C1(CC=Cc2ccc([N+](=O)[O-])cc2)c2ccccc2-c2ccccc21. The lowest BCUT2D eigenvalue weighted by Gasteiger charge is -2.26. The molecule has 3 aromatic carbocycles. The van der Waals surface area contributed by atoms with E-state index in [1.807, 2.05) is 54.6 Å². The summed E-state index contributed by atoms with van der Waals surface area (Å²) in [4.78, 5) is 22.8. The molecular weight excluding hydrogens is 354 g/mol. The van der Waals surface area contributed by atoms with E-state index in [0.29, 0.717) is 0 Å². The summed E-state index contributed by atoms with van der Waals surface area (Å²) in [5, 5.41) is 21.0. The van der Waals surface area contributed by atoms with Crippen LogP contribution in [0.4, 0.5) is 5.69 Å². The summed E-state index contributed by atoms with van der Waals surface area (Å²) in [6, 6.07) is 21.4. The molecule has 0 spiro atoms. The number of carbonyl (C=O) groups is 1. The Morgan fingerprint density at radius 2 is 1.46 bits per heavy atom. The first-order chi connectivity index (χ1) is 13.5. The first kappa shape index (κ1) is 17.7. The zero-order chi connectivity index (χ0) is 19.7. The molecule has 3 aromatic rings. The van der Waals surface area contributed by atoms with E-state index in [2.05, 4.69) is 0 Å². The minimum absolute atomic E-state index is 0.0257. The number of hydrogen-bond acceptors (Lipinski definition) is 3. The molecule has 0 aromatic heterocycles. The second kappa shape index (κ2) is 6.78. The quantitative estimate of drug-likeness (QED) is 0.503. The third kappa shape index (κ3) is 2.68. The van der Waals surface area contributed by atoms with Crippen molar-refractivity contribution in [3.63, 3.8) is 0 Å². The van der Waals surface area contributed by atoms with Gasteiger partial charge in [-0.2, -0.15) is 0 Å². The number of aliphatic carboxylic acids is 1. The summed E-state index contributed by atoms with van der Waals surface area (Å²) in [7, 11) is 0. The molecule has 0 bridgehead atoms. The van der Waals surface area contributed by atoms with Crippen LogP contribution in [-0.4, -0.2) is 16.0 Å². The van der Waals surface area contributed by atoms with Gasteiger partial charge < -0.3 is 5.11 Å². The van der Waals surface area contributed by atoms with E-state index in [-0.39, 0.29) is 12.1 Å². The van der Waals surface area contributed by atoms with Crippen molar-refractivity contribution in [2.24, 2.45) is 0 Å². The highest BCUT2D eigenvalue weighted by Crippen LogP contribution is 2.51. The maximum absolute atomic E-state index is 12.5. The molecular formula is C23H17NO4. The Morgan fingerprint density at radius 1 is 0.929 bits per heavy atom. The van der Waals surface area contributed by atoms with Crippen LogP contribution in [0.2, 0.25) is 0 Å². The molecule has 1 N–H and O–H groups in total. The van der Waals surface area contributed by atoms with Crippen LogP contribution in [0.1, 0.15) is 23.1 Å². The molecule has 138 valence electrons. The molecule has 0 radical (unpaired) electrons. The van der Waals surface area contributed by atoms with Crippen LogP contribution >= 0.6 is 0 Å². The lowest BCUT2D eigenvalue weighted by atomic mass is 9.75. The standard InChI is InChI=1S/C23H17NO4/c25-22(26)23(15-5-6-16-11-13-17(14-12-16)24(27)28)20-9-3-1-7-18(20)19-8-2-4-10-21(19)23/h1-14H,15H2,(H,25,26). The van der Waals surface area contributed by atoms with Crippen molar-refractivity contribution in [1.29, 1.82) is 0 Å². The van der Waals surface area contributed by atoms with E-state index in [1.165, 1.54) is 12.1 Å². The number of carboxylic acids is 1. The topological polar surface area (TPSA) is 80.4 Å². The predicted octanol–water partition coefficient (Wildman–Crippen LogP) is 5.05. The average molecular weight is 371 g/mol. The molecule has 0 saturated carbocycles. The number of nitro groups is 1. The van der Waals surface area contributed by atoms with Crippen LogP contribution in [0.5, 0.6) is 0 Å². The van der Waals surface area contributed by atoms with E-state index in [0.717, 1.165) is 27.8 Å². The number of allylic oxidation sites excluding steroid dienone is 1. The predicted molar refractivity (Wildman–Crippen MR) is 107 cm³/mol. The van der Waals surface area contributed by atoms with Crippen LogP contribution in [0.15, 0.2) is 78.9 Å². The Kier molecular flexibility index (Phi) is 4.28. The van der Waals surface area contributed by atoms with Gasteiger partial charge in [0.15, 0.2) is 0 Å². The van der Waals surface area contributed by atoms with Crippen molar-refractivity contribution >= 4 is 17.7 Å². The van der Waals surface area contributed by atoms with E-state index in [1.54, 1.807) is 18.2 Å². The number of carboxylic acid groups (broad SMARTS) is 1. The first-order valence-electron chi connectivity index (χ1n) is 8.88. The lowest BCUT2D eigenvalue weighted by molar-refractivity contribution is -0.384. The largest absolute Gasteiger partial charge is 0.480 e. The maximum Gasteiger partial charge on any atom is 0.319 e. The molecule has 5 nitrogen and oxygen atoms in total. The van der Waals surface area contributed by atoms with Crippen molar-refractivity contribution in [3.8, 4) is 11.1 Å². The zero-order valence-electron chi connectivity index (χ0n) is 14.9. The van der Waals surface area contributed by atoms with Crippen LogP contribution in [0, 0.1) is 10.1 Å². The third-order valence-corrected chi connectivity index (χ3v) is 5.27. The highest BCUT2D eigenvalue weighted by molar-refractivity contribution is 5.97. The molecule has 1 aliphatic rings. The summed E-state index contributed by atoms with van der Waals surface area (Å²) in [5.41, 5.74) is 3.14. The fraction of sp³-hybridized carbons (Fsp3) is 0.0870. The first-order valence-corrected chi connectivity index (χ1v) is 8.88. The van der Waals surface area contributed by atoms with Gasteiger partial charge in [-0.25, -0.2) is 0 Å². The van der Waals surface area contributed by atoms with Crippen molar-refractivity contribution in [2.75, 3.05) is 0 Å². The van der Waals surface area contributed by atoms with Gasteiger partial charge in [0.1, 0.15) is 5.41 Å². The molecule has 0 unspecified atom stereocenters. The Hall–Kier alpha value is -3.73. The van der Waals surface area contributed by atoms with Crippen LogP contribution in [-0.2, 0) is 10.2 Å². The second-order valence-electron chi connectivity index (χ2n) is 6.76. The van der Waals surface area contributed by atoms with Crippen LogP contribution in [0.25, 0.3) is 17.2 Å². The van der Waals surface area contributed by atoms with Gasteiger partial charge in [-0.05, 0) is 46.4 Å². The van der Waals surface area contributed by atoms with Gasteiger partial charge >= 0.3 is 5.97 Å². The number of hydrogen-bond donors (Lipinski definition) is 1. The minimum Gasteiger partial charge on any atom is -0.480 e. The molecule has 0 atom stereocenters. The monoisotopic (exact) mass is 371 g/mol. The fourth-order valence-corrected chi connectivity index (χ4v) is 3.94. The van der Waals surface area contributed by atoms with Crippen molar-refractivity contribution in [2.45, 2.75) is 11.8 Å². The van der Waals surface area contributed by atoms with Gasteiger partial charge in [0, 0.05) is 12.1 Å². The molecule has 4 rings (SSSR count). The highest BCUT2D eigenvalue weighted by atomic mass is 16.6. The van der Waals surface area contributed by atoms with E-state index in [4.69, 9.17) is 0 Å². The molecule has 0 heterocycles. The van der Waals surface area contributed by atoms with Crippen molar-refractivity contribution in [1.82, 2.24) is 0 Å². The summed E-state index contributed by atoms with van der Waals surface area (Å²) in [5.74, 6) is -0.891. The van der Waals surface area contributed by atoms with E-state index >= 15 is 0 Å². The fourth-order valence-electron chi connectivity index (χ4n) is 3.94. The second-order valence-corrected chi connectivity index (χ2v) is 6.76. The number of benzene rings is 3. The number of nitro benzene ring substituents is 1. The summed E-state index contributed by atoms with van der Waals surface area (Å²) in [6.07, 6.45) is 3.92. The molecule has 0 amide bonds. The van der Waals surface area contributed by atoms with Gasteiger partial charge in [0.05, 0.1) is 4.92 Å². The molecule has 0 fully saturated rings. The van der Waals surface area contributed by atoms with Crippen molar-refractivity contribution < 1.29 is 14.8 Å². The Morgan fingerprint density at radius 3 is 1.96 bits per heavy atom. The Labute approximate surface area is 161 Å². The van der Waals surface area contributed by atoms with Gasteiger partial charge in [0.2, 0.25) is 0 Å². The number of rotatable bonds is 5. The van der Waals surface area contributed by atoms with E-state index in [9.17, 15) is 20.0 Å². The van der Waals surface area contributed by atoms with E-state index < -0.39 is 16.3 Å². The Bertz CT molecular complexity index is 1050. The van der Waals surface area contributed by atoms with Gasteiger partial charge in [-0.3, -0.25) is 14.9 Å². The summed E-state index contributed by atoms with van der Waals surface area (Å²) < 4.78 is 0. The number of fused-ring (bicyclic) bond motifs is 3. The maximum atomic E-state index is 12.5. The third-order valence-electron chi connectivity index (χ3n) is 5.27. The Balaban J connectivity index is 1.73. The van der Waals surface area contributed by atoms with Gasteiger partial charge in [-0.1, -0.05) is 60.7 Å².